The van der Waals surface area contributed by atoms with Crippen molar-refractivity contribution in [3.8, 4) is 10.6 Å². The topological polar surface area (TPSA) is 66.6 Å². The van der Waals surface area contributed by atoms with Crippen LogP contribution in [0.5, 0.6) is 0 Å². The summed E-state index contributed by atoms with van der Waals surface area (Å²) in [6.45, 7) is -0.221. The van der Waals surface area contributed by atoms with Crippen molar-refractivity contribution >= 4 is 17.2 Å². The lowest BCUT2D eigenvalue weighted by Gasteiger charge is -2.41. The van der Waals surface area contributed by atoms with Crippen molar-refractivity contribution < 1.29 is 40.8 Å². The highest BCUT2D eigenvalue weighted by atomic mass is 32.1. The van der Waals surface area contributed by atoms with Crippen LogP contribution in [0.15, 0.2) is 16.7 Å². The molecule has 1 N–H and O–H groups in total. The molecule has 5 nitrogen and oxygen atoms in total. The van der Waals surface area contributed by atoms with Gasteiger partial charge in [0.25, 0.3) is 5.91 Å². The molecule has 0 spiro atoms. The summed E-state index contributed by atoms with van der Waals surface area (Å²) in [6.07, 6.45) is -10.1. The third-order valence-electron chi connectivity index (χ3n) is 5.14. The minimum absolute atomic E-state index is 0.0450. The summed E-state index contributed by atoms with van der Waals surface area (Å²) in [6, 6.07) is 2.81. The lowest BCUT2D eigenvalue weighted by atomic mass is 9.78. The second kappa shape index (κ2) is 7.31. The minimum atomic E-state index is -4.70. The fourth-order valence-electron chi connectivity index (χ4n) is 3.23. The molecule has 2 aromatic rings. The molecule has 0 aliphatic carbocycles. The number of carbonyl (C=O) groups is 1. The van der Waals surface area contributed by atoms with Crippen LogP contribution in [0.1, 0.15) is 33.8 Å². The maximum absolute atomic E-state index is 13.2. The van der Waals surface area contributed by atoms with Gasteiger partial charge < -0.3 is 14.5 Å². The van der Waals surface area contributed by atoms with E-state index in [1.165, 1.54) is 24.0 Å². The molecule has 160 valence electrons. The summed E-state index contributed by atoms with van der Waals surface area (Å²) >= 11 is 0.884. The molecule has 1 aliphatic rings. The van der Waals surface area contributed by atoms with Crippen LogP contribution in [0.4, 0.5) is 26.3 Å². The Morgan fingerprint density at radius 2 is 1.86 bits per heavy atom. The van der Waals surface area contributed by atoms with E-state index in [4.69, 9.17) is 0 Å². The largest absolute Gasteiger partial charge is 0.452 e. The zero-order valence-electron chi connectivity index (χ0n) is 15.0. The fourth-order valence-corrected chi connectivity index (χ4v) is 4.25. The first-order valence-electron chi connectivity index (χ1n) is 8.50. The zero-order valence-corrected chi connectivity index (χ0v) is 15.8. The fraction of sp³-hybridized carbons (Fsp3) is 0.529. The van der Waals surface area contributed by atoms with Gasteiger partial charge in [-0.1, -0.05) is 5.16 Å². The number of alkyl halides is 6. The van der Waals surface area contributed by atoms with Gasteiger partial charge in [-0.05, 0) is 31.9 Å². The van der Waals surface area contributed by atoms with Crippen LogP contribution >= 0.6 is 11.3 Å². The number of aromatic nitrogens is 1. The normalized spacial score (nSPS) is 17.6. The molecule has 0 radical (unpaired) electrons. The van der Waals surface area contributed by atoms with Crippen molar-refractivity contribution in [2.45, 2.75) is 32.1 Å². The molecule has 3 heterocycles. The molecule has 12 heteroatoms. The average molecular weight is 442 g/mol. The van der Waals surface area contributed by atoms with Crippen LogP contribution in [0.25, 0.3) is 10.6 Å². The van der Waals surface area contributed by atoms with E-state index in [0.29, 0.717) is 0 Å². The van der Waals surface area contributed by atoms with Gasteiger partial charge in [0.05, 0.1) is 21.8 Å². The zero-order chi connectivity index (χ0) is 21.6. The molecule has 0 atom stereocenters. The van der Waals surface area contributed by atoms with E-state index in [0.717, 1.165) is 11.3 Å². The summed E-state index contributed by atoms with van der Waals surface area (Å²) < 4.78 is 82.5. The molecule has 3 rings (SSSR count). The molecular formula is C17H16F6N2O3S. The lowest BCUT2D eigenvalue weighted by molar-refractivity contribution is -0.247. The first-order valence-corrected chi connectivity index (χ1v) is 9.32. The molecule has 2 aromatic heterocycles. The molecular weight excluding hydrogens is 426 g/mol. The van der Waals surface area contributed by atoms with E-state index in [-0.39, 0.29) is 34.1 Å². The maximum Gasteiger partial charge on any atom is 0.452 e. The molecule has 1 amide bonds. The molecule has 0 aromatic carbocycles. The van der Waals surface area contributed by atoms with E-state index >= 15 is 0 Å². The van der Waals surface area contributed by atoms with E-state index in [2.05, 4.69) is 9.68 Å². The summed E-state index contributed by atoms with van der Waals surface area (Å²) in [7, 11) is 0. The van der Waals surface area contributed by atoms with E-state index < -0.39 is 48.9 Å². The number of nitrogens with zero attached hydrogens (tertiary/aromatic N) is 2. The number of aliphatic hydroxyl groups excluding tert-OH is 1. The summed E-state index contributed by atoms with van der Waals surface area (Å²) in [5.41, 5.74) is -2.48. The minimum Gasteiger partial charge on any atom is -0.395 e. The van der Waals surface area contributed by atoms with Gasteiger partial charge in [0.2, 0.25) is 5.76 Å². The Labute approximate surface area is 164 Å². The second-order valence-electron chi connectivity index (χ2n) is 6.88. The van der Waals surface area contributed by atoms with E-state index in [1.807, 2.05) is 0 Å². The number of thiophene rings is 1. The van der Waals surface area contributed by atoms with Crippen molar-refractivity contribution in [3.05, 3.63) is 28.3 Å². The molecule has 0 bridgehead atoms. The van der Waals surface area contributed by atoms with Crippen LogP contribution in [-0.2, 0) is 6.18 Å². The number of halogens is 6. The van der Waals surface area contributed by atoms with Gasteiger partial charge in [0, 0.05) is 18.7 Å². The standard InChI is InChI=1S/C17H16F6N2O3S/c1-9-12(24-28-13(9)16(18,19)20)10-2-3-11(29-10)14(27)25-6-4-15(8-26,5-7-25)17(21,22)23/h2-3,26H,4-8H2,1H3. The number of likely N-dealkylation sites (tertiary alicyclic amines) is 1. The first kappa shape index (κ1) is 21.6. The van der Waals surface area contributed by atoms with Crippen molar-refractivity contribution in [2.24, 2.45) is 5.41 Å². The molecule has 29 heavy (non-hydrogen) atoms. The third-order valence-corrected chi connectivity index (χ3v) is 6.22. The molecule has 1 saturated heterocycles. The quantitative estimate of drug-likeness (QED) is 0.711. The van der Waals surface area contributed by atoms with Gasteiger partial charge in [-0.2, -0.15) is 26.3 Å². The number of hydrogen-bond acceptors (Lipinski definition) is 5. The predicted molar refractivity (Wildman–Crippen MR) is 90.3 cm³/mol. The van der Waals surface area contributed by atoms with Gasteiger partial charge in [0.15, 0.2) is 0 Å². The highest BCUT2D eigenvalue weighted by Crippen LogP contribution is 2.46. The van der Waals surface area contributed by atoms with Gasteiger partial charge in [-0.25, -0.2) is 0 Å². The highest BCUT2D eigenvalue weighted by molar-refractivity contribution is 7.17. The number of piperidine rings is 1. The second-order valence-corrected chi connectivity index (χ2v) is 7.96. The summed E-state index contributed by atoms with van der Waals surface area (Å²) in [5, 5.41) is 12.6. The number of aliphatic hydroxyl groups is 1. The van der Waals surface area contributed by atoms with Crippen LogP contribution in [-0.4, -0.2) is 46.9 Å². The van der Waals surface area contributed by atoms with Gasteiger partial charge >= 0.3 is 12.4 Å². The average Bonchev–Trinajstić information content (AvgIpc) is 3.26. The van der Waals surface area contributed by atoms with E-state index in [1.54, 1.807) is 0 Å². The number of rotatable bonds is 3. The Bertz CT molecular complexity index is 894. The van der Waals surface area contributed by atoms with Crippen LogP contribution in [0, 0.1) is 12.3 Å². The van der Waals surface area contributed by atoms with Gasteiger partial charge in [0.1, 0.15) is 5.69 Å². The molecule has 1 fully saturated rings. The van der Waals surface area contributed by atoms with Crippen molar-refractivity contribution in [1.82, 2.24) is 10.1 Å². The maximum atomic E-state index is 13.2. The van der Waals surface area contributed by atoms with Crippen LogP contribution in [0.3, 0.4) is 0 Å². The Balaban J connectivity index is 1.75. The van der Waals surface area contributed by atoms with Crippen molar-refractivity contribution in [3.63, 3.8) is 0 Å². The Hall–Kier alpha value is -2.08. The Kier molecular flexibility index (Phi) is 5.45. The molecule has 1 aliphatic heterocycles. The summed E-state index contributed by atoms with van der Waals surface area (Å²) in [4.78, 5) is 14.3. The number of amides is 1. The van der Waals surface area contributed by atoms with Crippen molar-refractivity contribution in [1.29, 1.82) is 0 Å². The number of hydrogen-bond donors (Lipinski definition) is 1. The van der Waals surface area contributed by atoms with E-state index in [9.17, 15) is 36.2 Å². The lowest BCUT2D eigenvalue weighted by Crippen LogP contribution is -2.51. The Morgan fingerprint density at radius 1 is 1.24 bits per heavy atom. The number of carbonyl (C=O) groups excluding carboxylic acids is 1. The predicted octanol–water partition coefficient (Wildman–Crippen LogP) is 4.51. The molecule has 0 unspecified atom stereocenters. The smallest absolute Gasteiger partial charge is 0.395 e. The van der Waals surface area contributed by atoms with Gasteiger partial charge in [-0.15, -0.1) is 11.3 Å². The Morgan fingerprint density at radius 3 is 2.34 bits per heavy atom. The highest BCUT2D eigenvalue weighted by Gasteiger charge is 2.55. The molecule has 0 saturated carbocycles. The third kappa shape index (κ3) is 3.87. The summed E-state index contributed by atoms with van der Waals surface area (Å²) in [5.74, 6) is -1.75. The SMILES string of the molecule is Cc1c(-c2ccc(C(=O)N3CCC(CO)(C(F)(F)F)CC3)s2)noc1C(F)(F)F. The monoisotopic (exact) mass is 442 g/mol. The first-order chi connectivity index (χ1) is 13.4. The van der Waals surface area contributed by atoms with Crippen LogP contribution in [0.2, 0.25) is 0 Å². The van der Waals surface area contributed by atoms with Crippen LogP contribution < -0.4 is 0 Å². The van der Waals surface area contributed by atoms with Gasteiger partial charge in [-0.3, -0.25) is 4.79 Å². The van der Waals surface area contributed by atoms with Crippen molar-refractivity contribution in [2.75, 3.05) is 19.7 Å².